The molecule has 0 N–H and O–H groups in total. The lowest BCUT2D eigenvalue weighted by molar-refractivity contribution is -0.385. The number of hydrogen-bond acceptors (Lipinski definition) is 4. The van der Waals surface area contributed by atoms with E-state index in [-0.39, 0.29) is 10.6 Å². The molecule has 1 saturated carbocycles. The van der Waals surface area contributed by atoms with Crippen molar-refractivity contribution >= 4 is 5.69 Å². The predicted octanol–water partition coefficient (Wildman–Crippen LogP) is 3.61. The van der Waals surface area contributed by atoms with E-state index in [1.807, 2.05) is 0 Å². The van der Waals surface area contributed by atoms with Gasteiger partial charge in [0.25, 0.3) is 5.69 Å². The first kappa shape index (κ1) is 15.8. The van der Waals surface area contributed by atoms with E-state index in [4.69, 9.17) is 4.74 Å². The van der Waals surface area contributed by atoms with Crippen molar-refractivity contribution in [1.82, 2.24) is 4.90 Å². The number of methoxy groups -OCH3 is 1. The molecule has 0 spiro atoms. The maximum atomic E-state index is 10.9. The molecular weight excluding hydrogens is 268 g/mol. The number of non-ortho nitro benzene ring substituents is 1. The molecule has 0 bridgehead atoms. The van der Waals surface area contributed by atoms with Crippen LogP contribution in [0.5, 0.6) is 5.75 Å². The molecule has 0 unspecified atom stereocenters. The molecule has 1 fully saturated rings. The van der Waals surface area contributed by atoms with Gasteiger partial charge >= 0.3 is 0 Å². The lowest BCUT2D eigenvalue weighted by Gasteiger charge is -2.33. The van der Waals surface area contributed by atoms with Crippen LogP contribution in [0.25, 0.3) is 0 Å². The normalized spacial score (nSPS) is 22.3. The highest BCUT2D eigenvalue weighted by atomic mass is 16.6. The van der Waals surface area contributed by atoms with E-state index in [2.05, 4.69) is 18.9 Å². The van der Waals surface area contributed by atoms with E-state index in [1.165, 1.54) is 31.7 Å². The van der Waals surface area contributed by atoms with Gasteiger partial charge in [-0.15, -0.1) is 0 Å². The molecule has 1 aromatic carbocycles. The van der Waals surface area contributed by atoms with Crippen LogP contribution in [0.1, 0.15) is 38.2 Å². The highest BCUT2D eigenvalue weighted by Crippen LogP contribution is 2.30. The largest absolute Gasteiger partial charge is 0.496 e. The van der Waals surface area contributed by atoms with Crippen LogP contribution >= 0.6 is 0 Å². The molecule has 0 amide bonds. The summed E-state index contributed by atoms with van der Waals surface area (Å²) in [6.45, 7) is 2.99. The second kappa shape index (κ2) is 6.89. The third-order valence-electron chi connectivity index (χ3n) is 4.50. The quantitative estimate of drug-likeness (QED) is 0.614. The van der Waals surface area contributed by atoms with Gasteiger partial charge < -0.3 is 4.74 Å². The number of nitrogens with zero attached hydrogens (tertiary/aromatic N) is 2. The van der Waals surface area contributed by atoms with E-state index in [9.17, 15) is 10.1 Å². The Bertz CT molecular complexity index is 496. The molecule has 5 heteroatoms. The third-order valence-corrected chi connectivity index (χ3v) is 4.50. The van der Waals surface area contributed by atoms with Crippen molar-refractivity contribution < 1.29 is 9.66 Å². The van der Waals surface area contributed by atoms with Gasteiger partial charge in [-0.3, -0.25) is 15.0 Å². The fourth-order valence-electron chi connectivity index (χ4n) is 3.08. The second-order valence-corrected chi connectivity index (χ2v) is 6.08. The third kappa shape index (κ3) is 3.94. The molecule has 1 aliphatic rings. The summed E-state index contributed by atoms with van der Waals surface area (Å²) in [6.07, 6.45) is 4.94. The molecule has 0 radical (unpaired) electrons. The molecule has 21 heavy (non-hydrogen) atoms. The van der Waals surface area contributed by atoms with Gasteiger partial charge in [-0.1, -0.05) is 6.92 Å². The van der Waals surface area contributed by atoms with Crippen LogP contribution in [0.15, 0.2) is 18.2 Å². The lowest BCUT2D eigenvalue weighted by atomic mass is 9.86. The SMILES string of the molecule is COc1ccc([N+](=O)[O-])cc1CN(C)C1CCC(C)CC1. The van der Waals surface area contributed by atoms with Crippen molar-refractivity contribution in [2.75, 3.05) is 14.2 Å². The minimum absolute atomic E-state index is 0.122. The van der Waals surface area contributed by atoms with Crippen molar-refractivity contribution in [2.24, 2.45) is 5.92 Å². The molecule has 0 aliphatic heterocycles. The first-order chi connectivity index (χ1) is 10.0. The summed E-state index contributed by atoms with van der Waals surface area (Å²) in [5.74, 6) is 1.54. The zero-order valence-electron chi connectivity index (χ0n) is 13.0. The Morgan fingerprint density at radius 3 is 2.57 bits per heavy atom. The summed E-state index contributed by atoms with van der Waals surface area (Å²) in [5.41, 5.74) is 1.00. The van der Waals surface area contributed by atoms with E-state index in [1.54, 1.807) is 19.2 Å². The Hall–Kier alpha value is -1.62. The van der Waals surface area contributed by atoms with Crippen LogP contribution in [0.4, 0.5) is 5.69 Å². The second-order valence-electron chi connectivity index (χ2n) is 6.08. The molecule has 5 nitrogen and oxygen atoms in total. The maximum Gasteiger partial charge on any atom is 0.270 e. The topological polar surface area (TPSA) is 55.6 Å². The zero-order chi connectivity index (χ0) is 15.4. The number of ether oxygens (including phenoxy) is 1. The Morgan fingerprint density at radius 1 is 1.33 bits per heavy atom. The monoisotopic (exact) mass is 292 g/mol. The maximum absolute atomic E-state index is 10.9. The molecule has 0 atom stereocenters. The minimum atomic E-state index is -0.356. The van der Waals surface area contributed by atoms with E-state index < -0.39 is 0 Å². The molecular formula is C16H24N2O3. The van der Waals surface area contributed by atoms with Crippen LogP contribution in [0.2, 0.25) is 0 Å². The van der Waals surface area contributed by atoms with Crippen LogP contribution in [0.3, 0.4) is 0 Å². The summed E-state index contributed by atoms with van der Waals surface area (Å²) < 4.78 is 5.34. The molecule has 0 heterocycles. The Morgan fingerprint density at radius 2 is 2.00 bits per heavy atom. The highest BCUT2D eigenvalue weighted by Gasteiger charge is 2.23. The number of nitro benzene ring substituents is 1. The standard InChI is InChI=1S/C16H24N2O3/c1-12-4-6-14(7-5-12)17(2)11-13-10-15(18(19)20)8-9-16(13)21-3/h8-10,12,14H,4-7,11H2,1-3H3. The summed E-state index contributed by atoms with van der Waals surface area (Å²) in [7, 11) is 3.70. The van der Waals surface area contributed by atoms with Gasteiger partial charge in [0, 0.05) is 30.3 Å². The molecule has 0 aromatic heterocycles. The molecule has 1 aromatic rings. The van der Waals surface area contributed by atoms with E-state index in [0.29, 0.717) is 12.6 Å². The van der Waals surface area contributed by atoms with Crippen LogP contribution in [-0.2, 0) is 6.54 Å². The number of rotatable bonds is 5. The summed E-state index contributed by atoms with van der Waals surface area (Å²) >= 11 is 0. The van der Waals surface area contributed by atoms with E-state index >= 15 is 0 Å². The van der Waals surface area contributed by atoms with Gasteiger partial charge in [0.05, 0.1) is 12.0 Å². The average Bonchev–Trinajstić information content (AvgIpc) is 2.47. The van der Waals surface area contributed by atoms with Crippen molar-refractivity contribution in [1.29, 1.82) is 0 Å². The van der Waals surface area contributed by atoms with Crippen molar-refractivity contribution in [3.63, 3.8) is 0 Å². The van der Waals surface area contributed by atoms with Crippen molar-refractivity contribution in [2.45, 2.75) is 45.2 Å². The smallest absolute Gasteiger partial charge is 0.270 e. The van der Waals surface area contributed by atoms with Crippen molar-refractivity contribution in [3.8, 4) is 5.75 Å². The number of benzene rings is 1. The van der Waals surface area contributed by atoms with Gasteiger partial charge in [0.2, 0.25) is 0 Å². The first-order valence-electron chi connectivity index (χ1n) is 7.52. The Labute approximate surface area is 126 Å². The van der Waals surface area contributed by atoms with Crippen molar-refractivity contribution in [3.05, 3.63) is 33.9 Å². The minimum Gasteiger partial charge on any atom is -0.496 e. The summed E-state index contributed by atoms with van der Waals surface area (Å²) in [5, 5.41) is 10.9. The Balaban J connectivity index is 2.10. The van der Waals surface area contributed by atoms with E-state index in [0.717, 1.165) is 17.2 Å². The van der Waals surface area contributed by atoms with Crippen LogP contribution in [0, 0.1) is 16.0 Å². The van der Waals surface area contributed by atoms with Gasteiger partial charge in [-0.2, -0.15) is 0 Å². The Kier molecular flexibility index (Phi) is 5.17. The van der Waals surface area contributed by atoms with Gasteiger partial charge in [0.15, 0.2) is 0 Å². The lowest BCUT2D eigenvalue weighted by Crippen LogP contribution is -2.34. The number of nitro groups is 1. The molecule has 1 aliphatic carbocycles. The summed E-state index contributed by atoms with van der Waals surface area (Å²) in [4.78, 5) is 12.9. The van der Waals surface area contributed by atoms with Gasteiger partial charge in [-0.25, -0.2) is 0 Å². The highest BCUT2D eigenvalue weighted by molar-refractivity contribution is 5.43. The molecule has 2 rings (SSSR count). The number of hydrogen-bond donors (Lipinski definition) is 0. The summed E-state index contributed by atoms with van der Waals surface area (Å²) in [6, 6.07) is 5.36. The molecule has 116 valence electrons. The van der Waals surface area contributed by atoms with Gasteiger partial charge in [-0.05, 0) is 44.7 Å². The predicted molar refractivity (Wildman–Crippen MR) is 82.5 cm³/mol. The van der Waals surface area contributed by atoms with Gasteiger partial charge in [0.1, 0.15) is 5.75 Å². The van der Waals surface area contributed by atoms with Crippen LogP contribution < -0.4 is 4.74 Å². The average molecular weight is 292 g/mol. The zero-order valence-corrected chi connectivity index (χ0v) is 13.0. The fourth-order valence-corrected chi connectivity index (χ4v) is 3.08. The van der Waals surface area contributed by atoms with Crippen LogP contribution in [-0.4, -0.2) is 30.0 Å². The fraction of sp³-hybridized carbons (Fsp3) is 0.625. The molecule has 0 saturated heterocycles. The first-order valence-corrected chi connectivity index (χ1v) is 7.52.